The van der Waals surface area contributed by atoms with Crippen molar-refractivity contribution in [1.82, 2.24) is 9.72 Å². The Kier molecular flexibility index (Phi) is 4.77. The number of fused-ring (bicyclic) bond motifs is 1. The van der Waals surface area contributed by atoms with Crippen LogP contribution in [0.2, 0.25) is 5.02 Å². The number of rotatable bonds is 4. The van der Waals surface area contributed by atoms with Gasteiger partial charge in [-0.15, -0.1) is 0 Å². The highest BCUT2D eigenvalue weighted by Gasteiger charge is 2.42. The highest BCUT2D eigenvalue weighted by Crippen LogP contribution is 2.38. The van der Waals surface area contributed by atoms with Gasteiger partial charge in [0.25, 0.3) is 5.91 Å². The molecule has 0 unspecified atom stereocenters. The molecule has 3 rings (SSSR count). The second-order valence-corrected chi connectivity index (χ2v) is 7.15. The van der Waals surface area contributed by atoms with E-state index in [-0.39, 0.29) is 38.1 Å². The number of aromatic nitrogens is 1. The zero-order valence-corrected chi connectivity index (χ0v) is 14.7. The van der Waals surface area contributed by atoms with Gasteiger partial charge in [0.05, 0.1) is 21.7 Å². The van der Waals surface area contributed by atoms with Gasteiger partial charge < -0.3 is 14.8 Å². The molecule has 0 aliphatic heterocycles. The van der Waals surface area contributed by atoms with Gasteiger partial charge in [-0.25, -0.2) is 8.78 Å². The predicted molar refractivity (Wildman–Crippen MR) is 92.5 cm³/mol. The minimum atomic E-state index is -2.72. The third kappa shape index (κ3) is 3.65. The van der Waals surface area contributed by atoms with Crippen LogP contribution >= 0.6 is 11.6 Å². The molecule has 1 aliphatic carbocycles. The van der Waals surface area contributed by atoms with Gasteiger partial charge in [0.15, 0.2) is 0 Å². The second kappa shape index (κ2) is 6.57. The molecule has 1 saturated carbocycles. The van der Waals surface area contributed by atoms with Crippen LogP contribution in [0.4, 0.5) is 8.78 Å². The fourth-order valence-corrected chi connectivity index (χ4v) is 3.59. The van der Waals surface area contributed by atoms with E-state index in [0.29, 0.717) is 16.1 Å². The lowest BCUT2D eigenvalue weighted by Gasteiger charge is -2.35. The highest BCUT2D eigenvalue weighted by atomic mass is 35.5. The number of carbonyl (C=O) groups excluding carboxylic acids is 1. The summed E-state index contributed by atoms with van der Waals surface area (Å²) in [5, 5.41) is 13.6. The molecule has 25 heavy (non-hydrogen) atoms. The molecule has 0 spiro atoms. The van der Waals surface area contributed by atoms with E-state index in [4.69, 9.17) is 11.6 Å². The lowest BCUT2D eigenvalue weighted by molar-refractivity contribution is -0.101. The largest absolute Gasteiger partial charge is 0.388 e. The minimum Gasteiger partial charge on any atom is -0.388 e. The number of nitrogens with zero attached hydrogens (tertiary/aromatic N) is 1. The zero-order chi connectivity index (χ0) is 18.2. The molecule has 1 fully saturated rings. The molecule has 2 aromatic rings. The smallest absolute Gasteiger partial charge is 0.253 e. The number of nitrogens with one attached hydrogen (secondary N) is 1. The first-order valence-electron chi connectivity index (χ1n) is 8.41. The van der Waals surface area contributed by atoms with E-state index in [1.54, 1.807) is 18.2 Å². The summed E-state index contributed by atoms with van der Waals surface area (Å²) in [6.45, 7) is 1.93. The summed E-state index contributed by atoms with van der Waals surface area (Å²) in [7, 11) is 0. The van der Waals surface area contributed by atoms with E-state index in [9.17, 15) is 18.7 Å². The number of hydrogen-bond acceptors (Lipinski definition) is 2. The van der Waals surface area contributed by atoms with E-state index >= 15 is 0 Å². The maximum atomic E-state index is 13.3. The Labute approximate surface area is 149 Å². The lowest BCUT2D eigenvalue weighted by Crippen LogP contribution is -2.47. The summed E-state index contributed by atoms with van der Waals surface area (Å²) in [5.41, 5.74) is 0.691. The topological polar surface area (TPSA) is 53.7 Å². The van der Waals surface area contributed by atoms with Crippen LogP contribution in [0, 0.1) is 0 Å². The maximum absolute atomic E-state index is 13.3. The van der Waals surface area contributed by atoms with Crippen LogP contribution in [0.5, 0.6) is 0 Å². The van der Waals surface area contributed by atoms with Crippen molar-refractivity contribution >= 4 is 23.0 Å². The van der Waals surface area contributed by atoms with Crippen molar-refractivity contribution in [2.75, 3.05) is 6.54 Å². The summed E-state index contributed by atoms with van der Waals surface area (Å²) in [5.74, 6) is -3.09. The molecule has 1 aliphatic rings. The Morgan fingerprint density at radius 2 is 2.04 bits per heavy atom. The normalized spacial score (nSPS) is 19.1. The Balaban J connectivity index is 1.77. The van der Waals surface area contributed by atoms with Gasteiger partial charge >= 0.3 is 0 Å². The third-order valence-corrected chi connectivity index (χ3v) is 5.22. The van der Waals surface area contributed by atoms with Crippen LogP contribution in [0.1, 0.15) is 48.7 Å². The predicted octanol–water partition coefficient (Wildman–Crippen LogP) is 3.83. The number of pyridine rings is 1. The van der Waals surface area contributed by atoms with Crippen molar-refractivity contribution < 1.29 is 18.7 Å². The molecule has 0 bridgehead atoms. The Morgan fingerprint density at radius 1 is 1.36 bits per heavy atom. The molecule has 4 nitrogen and oxygen atoms in total. The van der Waals surface area contributed by atoms with Crippen molar-refractivity contribution in [3.63, 3.8) is 0 Å². The minimum absolute atomic E-state index is 0.0300. The SMILES string of the molecule is CCc1cc(C(=O)NCC2(O)CCC(F)(F)CC2)c2c(Cl)cccn12. The van der Waals surface area contributed by atoms with E-state index in [1.165, 1.54) is 0 Å². The summed E-state index contributed by atoms with van der Waals surface area (Å²) >= 11 is 6.25. The van der Waals surface area contributed by atoms with Gasteiger partial charge in [-0.3, -0.25) is 4.79 Å². The summed E-state index contributed by atoms with van der Waals surface area (Å²) in [4.78, 5) is 12.6. The molecule has 0 atom stereocenters. The molecule has 2 N–H and O–H groups in total. The van der Waals surface area contributed by atoms with Crippen LogP contribution in [0.25, 0.3) is 5.52 Å². The number of amides is 1. The van der Waals surface area contributed by atoms with Gasteiger partial charge in [0.2, 0.25) is 5.92 Å². The Morgan fingerprint density at radius 3 is 2.68 bits per heavy atom. The molecular weight excluding hydrogens is 350 g/mol. The van der Waals surface area contributed by atoms with Crippen LogP contribution in [-0.4, -0.2) is 33.5 Å². The molecule has 0 radical (unpaired) electrons. The average molecular weight is 371 g/mol. The van der Waals surface area contributed by atoms with E-state index in [0.717, 1.165) is 12.1 Å². The third-order valence-electron chi connectivity index (χ3n) is 4.92. The van der Waals surface area contributed by atoms with Crippen LogP contribution in [0.3, 0.4) is 0 Å². The molecular formula is C18H21ClF2N2O2. The average Bonchev–Trinajstić information content (AvgIpc) is 2.96. The van der Waals surface area contributed by atoms with Crippen LogP contribution in [0.15, 0.2) is 24.4 Å². The standard InChI is InChI=1S/C18H21ClF2N2O2/c1-2-12-10-13(15-14(19)4-3-9-23(12)15)16(24)22-11-17(25)5-7-18(20,21)8-6-17/h3-4,9-10,25H,2,5-8,11H2,1H3,(H,22,24). The summed E-state index contributed by atoms with van der Waals surface area (Å²) < 4.78 is 28.4. The van der Waals surface area contributed by atoms with Crippen molar-refractivity contribution in [2.45, 2.75) is 50.6 Å². The molecule has 1 amide bonds. The number of alkyl halides is 2. The van der Waals surface area contributed by atoms with Crippen molar-refractivity contribution in [1.29, 1.82) is 0 Å². The quantitative estimate of drug-likeness (QED) is 0.859. The second-order valence-electron chi connectivity index (χ2n) is 6.74. The lowest BCUT2D eigenvalue weighted by atomic mass is 9.82. The van der Waals surface area contributed by atoms with Gasteiger partial charge in [-0.1, -0.05) is 18.5 Å². The zero-order valence-electron chi connectivity index (χ0n) is 14.0. The molecule has 136 valence electrons. The first-order valence-corrected chi connectivity index (χ1v) is 8.79. The molecule has 2 aromatic heterocycles. The van der Waals surface area contributed by atoms with Crippen LogP contribution in [-0.2, 0) is 6.42 Å². The number of hydrogen-bond donors (Lipinski definition) is 2. The van der Waals surface area contributed by atoms with Crippen molar-refractivity contribution in [3.8, 4) is 0 Å². The maximum Gasteiger partial charge on any atom is 0.253 e. The monoisotopic (exact) mass is 370 g/mol. The summed E-state index contributed by atoms with van der Waals surface area (Å²) in [6, 6.07) is 5.29. The Bertz CT molecular complexity index is 794. The number of halogens is 3. The van der Waals surface area contributed by atoms with Gasteiger partial charge in [-0.2, -0.15) is 0 Å². The highest BCUT2D eigenvalue weighted by molar-refractivity contribution is 6.34. The fraction of sp³-hybridized carbons (Fsp3) is 0.500. The van der Waals surface area contributed by atoms with E-state index in [2.05, 4.69) is 5.32 Å². The van der Waals surface area contributed by atoms with Crippen molar-refractivity contribution in [3.05, 3.63) is 40.7 Å². The molecule has 0 aromatic carbocycles. The molecule has 7 heteroatoms. The van der Waals surface area contributed by atoms with Gasteiger partial charge in [0, 0.05) is 31.3 Å². The van der Waals surface area contributed by atoms with E-state index < -0.39 is 11.5 Å². The summed E-state index contributed by atoms with van der Waals surface area (Å²) in [6.07, 6.45) is 1.79. The number of aryl methyl sites for hydroxylation is 1. The molecule has 0 saturated heterocycles. The number of aliphatic hydroxyl groups is 1. The van der Waals surface area contributed by atoms with Gasteiger partial charge in [0.1, 0.15) is 0 Å². The first kappa shape index (κ1) is 18.1. The number of carbonyl (C=O) groups is 1. The van der Waals surface area contributed by atoms with Crippen molar-refractivity contribution in [2.24, 2.45) is 0 Å². The molecule has 2 heterocycles. The van der Waals surface area contributed by atoms with Crippen LogP contribution < -0.4 is 5.32 Å². The fourth-order valence-electron chi connectivity index (χ4n) is 3.33. The first-order chi connectivity index (χ1) is 11.7. The Hall–Kier alpha value is -1.66. The van der Waals surface area contributed by atoms with E-state index in [1.807, 2.05) is 17.5 Å². The van der Waals surface area contributed by atoms with Gasteiger partial charge in [-0.05, 0) is 37.5 Å².